The molecular formula is C48H72O5Si. The number of esters is 1. The molecule has 0 aliphatic heterocycles. The van der Waals surface area contributed by atoms with E-state index in [9.17, 15) is 14.7 Å². The number of ether oxygens (including phenoxy) is 1. The molecule has 0 heterocycles. The number of carbonyl (C=O) groups is 2. The SMILES string of the molecule is CC[Si](CC)(CC)O[C@@H]1CC(C)=C(CC(=O)/C(C)=C/C=C/C(C)=C/C=C/C=C(C)/C=C/C=C(\C)C=C=C2C(C)(C)C[C@H](OC(C)=O)C[C@@]2(C)O)C(C)(C)C1. The predicted octanol–water partition coefficient (Wildman–Crippen LogP) is 12.5. The number of Topliss-reactive ketones (excluding diaryl/α,β-unsaturated/α-hetero) is 1. The van der Waals surface area contributed by atoms with E-state index in [1.54, 1.807) is 6.92 Å². The largest absolute Gasteiger partial charge is 0.462 e. The Balaban J connectivity index is 1.99. The summed E-state index contributed by atoms with van der Waals surface area (Å²) in [6.45, 7) is 29.0. The number of carbonyl (C=O) groups excluding carboxylic acids is 2. The van der Waals surface area contributed by atoms with Crippen molar-refractivity contribution in [2.24, 2.45) is 10.8 Å². The molecule has 298 valence electrons. The van der Waals surface area contributed by atoms with Crippen LogP contribution in [0.3, 0.4) is 0 Å². The maximum atomic E-state index is 13.3. The minimum Gasteiger partial charge on any atom is -0.462 e. The zero-order valence-corrected chi connectivity index (χ0v) is 37.2. The van der Waals surface area contributed by atoms with Gasteiger partial charge in [0.05, 0.1) is 5.60 Å². The van der Waals surface area contributed by atoms with Crippen molar-refractivity contribution >= 4 is 20.1 Å². The Morgan fingerprint density at radius 3 is 1.78 bits per heavy atom. The van der Waals surface area contributed by atoms with Crippen LogP contribution in [0.25, 0.3) is 0 Å². The number of rotatable bonds is 16. The highest BCUT2D eigenvalue weighted by Gasteiger charge is 2.46. The second-order valence-corrected chi connectivity index (χ2v) is 22.0. The lowest BCUT2D eigenvalue weighted by Gasteiger charge is -2.44. The van der Waals surface area contributed by atoms with E-state index in [0.717, 1.165) is 58.8 Å². The molecule has 1 N–H and O–H groups in total. The Bertz CT molecular complexity index is 1630. The second-order valence-electron chi connectivity index (χ2n) is 17.3. The molecule has 0 aromatic rings. The third-order valence-electron chi connectivity index (χ3n) is 11.3. The Morgan fingerprint density at radius 2 is 1.28 bits per heavy atom. The van der Waals surface area contributed by atoms with Gasteiger partial charge in [0.25, 0.3) is 0 Å². The number of aliphatic hydroxyl groups is 1. The van der Waals surface area contributed by atoms with Gasteiger partial charge in [-0.2, -0.15) is 0 Å². The highest BCUT2D eigenvalue weighted by atomic mass is 28.4. The molecule has 0 aromatic heterocycles. The Kier molecular flexibility index (Phi) is 17.9. The van der Waals surface area contributed by atoms with E-state index in [1.165, 1.54) is 18.1 Å². The number of ketones is 1. The van der Waals surface area contributed by atoms with E-state index in [-0.39, 0.29) is 34.8 Å². The van der Waals surface area contributed by atoms with Gasteiger partial charge in [-0.1, -0.05) is 132 Å². The van der Waals surface area contributed by atoms with Gasteiger partial charge in [-0.15, -0.1) is 5.73 Å². The highest BCUT2D eigenvalue weighted by molar-refractivity contribution is 6.73. The van der Waals surface area contributed by atoms with Crippen molar-refractivity contribution in [3.8, 4) is 0 Å². The van der Waals surface area contributed by atoms with Crippen molar-refractivity contribution in [1.29, 1.82) is 0 Å². The van der Waals surface area contributed by atoms with Crippen LogP contribution in [0.15, 0.2) is 112 Å². The first kappa shape index (κ1) is 46.9. The summed E-state index contributed by atoms with van der Waals surface area (Å²) in [6.07, 6.45) is 25.4. The first-order chi connectivity index (χ1) is 25.1. The van der Waals surface area contributed by atoms with Crippen molar-refractivity contribution in [3.63, 3.8) is 0 Å². The summed E-state index contributed by atoms with van der Waals surface area (Å²) in [7, 11) is -1.67. The number of hydrogen-bond donors (Lipinski definition) is 1. The molecule has 6 heteroatoms. The zero-order valence-electron chi connectivity index (χ0n) is 36.2. The molecule has 0 radical (unpaired) electrons. The minimum absolute atomic E-state index is 0.0513. The molecule has 1 fully saturated rings. The molecule has 1 saturated carbocycles. The monoisotopic (exact) mass is 757 g/mol. The quantitative estimate of drug-likeness (QED) is 0.0424. The molecule has 0 saturated heterocycles. The molecule has 0 aromatic carbocycles. The molecule has 5 nitrogen and oxygen atoms in total. The third-order valence-corrected chi connectivity index (χ3v) is 16.0. The lowest BCUT2D eigenvalue weighted by atomic mass is 9.65. The Hall–Kier alpha value is -3.28. The number of hydrogen-bond acceptors (Lipinski definition) is 5. The summed E-state index contributed by atoms with van der Waals surface area (Å²) < 4.78 is 12.3. The van der Waals surface area contributed by atoms with Gasteiger partial charge in [0.2, 0.25) is 0 Å². The van der Waals surface area contributed by atoms with Crippen molar-refractivity contribution in [3.05, 3.63) is 112 Å². The van der Waals surface area contributed by atoms with Gasteiger partial charge >= 0.3 is 5.97 Å². The summed E-state index contributed by atoms with van der Waals surface area (Å²) in [5, 5.41) is 11.2. The maximum Gasteiger partial charge on any atom is 0.302 e. The van der Waals surface area contributed by atoms with Crippen LogP contribution in [-0.4, -0.2) is 43.0 Å². The molecule has 54 heavy (non-hydrogen) atoms. The average molecular weight is 757 g/mol. The van der Waals surface area contributed by atoms with Crippen LogP contribution in [-0.2, 0) is 18.8 Å². The van der Waals surface area contributed by atoms with Crippen LogP contribution in [0.4, 0.5) is 0 Å². The molecular weight excluding hydrogens is 685 g/mol. The maximum absolute atomic E-state index is 13.3. The van der Waals surface area contributed by atoms with E-state index < -0.39 is 13.9 Å². The molecule has 2 rings (SSSR count). The fourth-order valence-corrected chi connectivity index (χ4v) is 11.0. The van der Waals surface area contributed by atoms with E-state index in [2.05, 4.69) is 93.2 Å². The Labute approximate surface area is 330 Å². The predicted molar refractivity (Wildman–Crippen MR) is 231 cm³/mol. The van der Waals surface area contributed by atoms with E-state index in [4.69, 9.17) is 9.16 Å². The van der Waals surface area contributed by atoms with E-state index >= 15 is 0 Å². The van der Waals surface area contributed by atoms with E-state index in [1.807, 2.05) is 62.5 Å². The molecule has 2 aliphatic rings. The molecule has 0 bridgehead atoms. The van der Waals surface area contributed by atoms with Gasteiger partial charge in [0.15, 0.2) is 14.1 Å². The lowest BCUT2D eigenvalue weighted by molar-refractivity contribution is -0.152. The van der Waals surface area contributed by atoms with Gasteiger partial charge < -0.3 is 14.3 Å². The third kappa shape index (κ3) is 14.4. The molecule has 0 spiro atoms. The summed E-state index contributed by atoms with van der Waals surface area (Å²) in [4.78, 5) is 24.8. The van der Waals surface area contributed by atoms with Crippen molar-refractivity contribution < 1.29 is 23.9 Å². The van der Waals surface area contributed by atoms with Crippen molar-refractivity contribution in [2.75, 3.05) is 0 Å². The van der Waals surface area contributed by atoms with Gasteiger partial charge in [0, 0.05) is 31.4 Å². The van der Waals surface area contributed by atoms with Crippen molar-refractivity contribution in [2.45, 2.75) is 165 Å². The Morgan fingerprint density at radius 1 is 0.759 bits per heavy atom. The average Bonchev–Trinajstić information content (AvgIpc) is 3.05. The topological polar surface area (TPSA) is 72.8 Å². The van der Waals surface area contributed by atoms with Crippen LogP contribution in [0.1, 0.15) is 129 Å². The zero-order chi connectivity index (χ0) is 40.9. The highest BCUT2D eigenvalue weighted by Crippen LogP contribution is 2.47. The summed E-state index contributed by atoms with van der Waals surface area (Å²) >= 11 is 0. The standard InChI is InChI=1S/C48H72O5Si/c1-15-54(16-2,17-3)53-41-30-39(8)43(46(10,11)32-41)31-44(50)38(7)27-21-26-36(5)23-19-18-22-35(4)24-20-25-37(6)28-29-45-47(12,13)33-42(52-40(9)49)34-48(45,14)51/h18-28,41-42,51H,15-17,30-34H2,1-14H3/b19-18+,24-20+,26-21+,35-22+,36-23+,37-25+,38-27+/t29?,41-,42+,48-/m1/s1. The molecule has 3 atom stereocenters. The fraction of sp³-hybridized carbons (Fsp3) is 0.562. The van der Waals surface area contributed by atoms with Gasteiger partial charge in [-0.05, 0) is 107 Å². The number of allylic oxidation sites excluding steroid dienone is 15. The van der Waals surface area contributed by atoms with Crippen molar-refractivity contribution in [1.82, 2.24) is 0 Å². The fourth-order valence-electron chi connectivity index (χ4n) is 8.17. The van der Waals surface area contributed by atoms with Crippen LogP contribution in [0.2, 0.25) is 18.1 Å². The van der Waals surface area contributed by atoms with Gasteiger partial charge in [0.1, 0.15) is 6.10 Å². The van der Waals surface area contributed by atoms with Crippen LogP contribution in [0.5, 0.6) is 0 Å². The summed E-state index contributed by atoms with van der Waals surface area (Å²) in [5.41, 5.74) is 9.28. The normalized spacial score (nSPS) is 24.5. The second kappa shape index (κ2) is 20.6. The summed E-state index contributed by atoms with van der Waals surface area (Å²) in [6, 6.07) is 3.49. The molecule has 0 amide bonds. The minimum atomic E-state index is -1.67. The van der Waals surface area contributed by atoms with Crippen LogP contribution in [0, 0.1) is 10.8 Å². The smallest absolute Gasteiger partial charge is 0.302 e. The van der Waals surface area contributed by atoms with E-state index in [0.29, 0.717) is 19.3 Å². The summed E-state index contributed by atoms with van der Waals surface area (Å²) in [5.74, 6) is -0.135. The van der Waals surface area contributed by atoms with Crippen LogP contribution < -0.4 is 0 Å². The first-order valence-corrected chi connectivity index (χ1v) is 22.6. The first-order valence-electron chi connectivity index (χ1n) is 20.1. The lowest BCUT2D eigenvalue weighted by Crippen LogP contribution is -2.46. The molecule has 2 aliphatic carbocycles. The molecule has 0 unspecified atom stereocenters. The van der Waals surface area contributed by atoms with Gasteiger partial charge in [-0.25, -0.2) is 0 Å². The van der Waals surface area contributed by atoms with Gasteiger partial charge in [-0.3, -0.25) is 9.59 Å². The van der Waals surface area contributed by atoms with Crippen LogP contribution >= 0.6 is 0 Å².